The third kappa shape index (κ3) is 2.17. The van der Waals surface area contributed by atoms with Gasteiger partial charge in [0.15, 0.2) is 0 Å². The van der Waals surface area contributed by atoms with Gasteiger partial charge in [-0.2, -0.15) is 0 Å². The maximum atomic E-state index is 4.82. The molecule has 1 saturated heterocycles. The predicted octanol–water partition coefficient (Wildman–Crippen LogP) is 1.49. The average molecular weight is 250 g/mol. The molecule has 3 rings (SSSR count). The maximum absolute atomic E-state index is 4.82. The summed E-state index contributed by atoms with van der Waals surface area (Å²) in [6.07, 6.45) is 6.72. The molecule has 2 aliphatic rings. The number of aromatic nitrogens is 2. The molecule has 0 aromatic carbocycles. The Morgan fingerprint density at radius 2 is 2.11 bits per heavy atom. The van der Waals surface area contributed by atoms with E-state index in [0.717, 1.165) is 37.6 Å². The molecule has 1 N–H and O–H groups in total. The maximum Gasteiger partial charge on any atom is 0.122 e. The van der Waals surface area contributed by atoms with Gasteiger partial charge in [0, 0.05) is 31.7 Å². The lowest BCUT2D eigenvalue weighted by atomic mass is 9.79. The first kappa shape index (κ1) is 12.1. The van der Waals surface area contributed by atoms with Crippen LogP contribution in [0.5, 0.6) is 0 Å². The van der Waals surface area contributed by atoms with Crippen molar-refractivity contribution in [1.29, 1.82) is 0 Å². The third-order valence-corrected chi connectivity index (χ3v) is 4.55. The molecule has 0 radical (unpaired) electrons. The van der Waals surface area contributed by atoms with E-state index in [2.05, 4.69) is 20.5 Å². The molecule has 5 nitrogen and oxygen atoms in total. The molecule has 0 bridgehead atoms. The third-order valence-electron chi connectivity index (χ3n) is 4.55. The van der Waals surface area contributed by atoms with E-state index in [1.165, 1.54) is 32.1 Å². The van der Waals surface area contributed by atoms with Crippen LogP contribution < -0.4 is 5.32 Å². The highest BCUT2D eigenvalue weighted by atomic mass is 16.6. The summed E-state index contributed by atoms with van der Waals surface area (Å²) in [6, 6.07) is 0. The number of rotatable bonds is 2. The lowest BCUT2D eigenvalue weighted by molar-refractivity contribution is 0.0191. The lowest BCUT2D eigenvalue weighted by Crippen LogP contribution is -2.61. The highest BCUT2D eigenvalue weighted by Crippen LogP contribution is 2.35. The van der Waals surface area contributed by atoms with Gasteiger partial charge in [0.1, 0.15) is 11.4 Å². The van der Waals surface area contributed by atoms with Crippen LogP contribution in [0.1, 0.15) is 43.5 Å². The standard InChI is InChI=1S/C13H22N4O/c1-11-12(16-18-15-11)9-17-8-7-14-10-13(17)5-3-2-4-6-13/h14H,2-10H2,1H3. The Bertz CT molecular complexity index is 389. The fourth-order valence-electron chi connectivity index (χ4n) is 3.41. The number of nitrogens with one attached hydrogen (secondary N) is 1. The predicted molar refractivity (Wildman–Crippen MR) is 68.1 cm³/mol. The van der Waals surface area contributed by atoms with Gasteiger partial charge in [-0.1, -0.05) is 29.6 Å². The molecule has 5 heteroatoms. The van der Waals surface area contributed by atoms with Crippen LogP contribution in [0.2, 0.25) is 0 Å². The van der Waals surface area contributed by atoms with Crippen molar-refractivity contribution < 1.29 is 4.63 Å². The Labute approximate surface area is 108 Å². The molecule has 1 spiro atoms. The summed E-state index contributed by atoms with van der Waals surface area (Å²) in [5, 5.41) is 11.5. The summed E-state index contributed by atoms with van der Waals surface area (Å²) in [5.41, 5.74) is 2.28. The van der Waals surface area contributed by atoms with E-state index in [0.29, 0.717) is 5.54 Å². The van der Waals surface area contributed by atoms with Crippen LogP contribution >= 0.6 is 0 Å². The summed E-state index contributed by atoms with van der Waals surface area (Å²) in [7, 11) is 0. The van der Waals surface area contributed by atoms with Gasteiger partial charge in [-0.25, -0.2) is 4.63 Å². The molecular formula is C13H22N4O. The number of nitrogens with zero attached hydrogens (tertiary/aromatic N) is 3. The van der Waals surface area contributed by atoms with Crippen molar-refractivity contribution in [2.75, 3.05) is 19.6 Å². The second-order valence-corrected chi connectivity index (χ2v) is 5.68. The van der Waals surface area contributed by atoms with Crippen LogP contribution in [0.3, 0.4) is 0 Å². The second-order valence-electron chi connectivity index (χ2n) is 5.68. The van der Waals surface area contributed by atoms with Gasteiger partial charge in [-0.15, -0.1) is 0 Å². The van der Waals surface area contributed by atoms with Crippen LogP contribution in [-0.4, -0.2) is 40.4 Å². The van der Waals surface area contributed by atoms with E-state index in [4.69, 9.17) is 4.63 Å². The van der Waals surface area contributed by atoms with Crippen molar-refractivity contribution in [3.63, 3.8) is 0 Å². The van der Waals surface area contributed by atoms with E-state index >= 15 is 0 Å². The highest BCUT2D eigenvalue weighted by molar-refractivity contribution is 5.07. The summed E-state index contributed by atoms with van der Waals surface area (Å²) in [5.74, 6) is 0. The fourth-order valence-corrected chi connectivity index (χ4v) is 3.41. The van der Waals surface area contributed by atoms with Crippen molar-refractivity contribution in [1.82, 2.24) is 20.5 Å². The van der Waals surface area contributed by atoms with Gasteiger partial charge >= 0.3 is 0 Å². The molecule has 2 fully saturated rings. The highest BCUT2D eigenvalue weighted by Gasteiger charge is 2.40. The topological polar surface area (TPSA) is 54.2 Å². The summed E-state index contributed by atoms with van der Waals surface area (Å²) < 4.78 is 4.82. The number of aryl methyl sites for hydroxylation is 1. The molecule has 1 saturated carbocycles. The zero-order valence-corrected chi connectivity index (χ0v) is 11.1. The average Bonchev–Trinajstić information content (AvgIpc) is 2.79. The largest absolute Gasteiger partial charge is 0.314 e. The smallest absolute Gasteiger partial charge is 0.122 e. The van der Waals surface area contributed by atoms with Crippen LogP contribution in [-0.2, 0) is 6.54 Å². The number of piperazine rings is 1. The summed E-state index contributed by atoms with van der Waals surface area (Å²) in [4.78, 5) is 2.61. The molecule has 100 valence electrons. The molecule has 2 heterocycles. The monoisotopic (exact) mass is 250 g/mol. The zero-order chi connectivity index (χ0) is 12.4. The Morgan fingerprint density at radius 1 is 1.28 bits per heavy atom. The molecular weight excluding hydrogens is 228 g/mol. The van der Waals surface area contributed by atoms with E-state index in [1.54, 1.807) is 0 Å². The van der Waals surface area contributed by atoms with Gasteiger partial charge < -0.3 is 5.32 Å². The Balaban J connectivity index is 1.77. The van der Waals surface area contributed by atoms with Crippen molar-refractivity contribution in [3.8, 4) is 0 Å². The quantitative estimate of drug-likeness (QED) is 0.861. The molecule has 0 atom stereocenters. The Hall–Kier alpha value is -0.940. The Morgan fingerprint density at radius 3 is 2.83 bits per heavy atom. The van der Waals surface area contributed by atoms with Crippen LogP contribution in [0.4, 0.5) is 0 Å². The fraction of sp³-hybridized carbons (Fsp3) is 0.846. The lowest BCUT2D eigenvalue weighted by Gasteiger charge is -2.49. The first-order valence-corrected chi connectivity index (χ1v) is 7.04. The zero-order valence-electron chi connectivity index (χ0n) is 11.1. The minimum absolute atomic E-state index is 0.349. The van der Waals surface area contributed by atoms with E-state index < -0.39 is 0 Å². The van der Waals surface area contributed by atoms with Crippen molar-refractivity contribution in [3.05, 3.63) is 11.4 Å². The van der Waals surface area contributed by atoms with Crippen molar-refractivity contribution >= 4 is 0 Å². The molecule has 1 aromatic rings. The van der Waals surface area contributed by atoms with Crippen LogP contribution in [0.25, 0.3) is 0 Å². The van der Waals surface area contributed by atoms with Gasteiger partial charge in [0.05, 0.1) is 0 Å². The molecule has 1 aliphatic carbocycles. The van der Waals surface area contributed by atoms with Gasteiger partial charge in [-0.3, -0.25) is 4.90 Å². The van der Waals surface area contributed by atoms with Gasteiger partial charge in [0.2, 0.25) is 0 Å². The minimum Gasteiger partial charge on any atom is -0.314 e. The molecule has 1 aromatic heterocycles. The van der Waals surface area contributed by atoms with E-state index in [1.807, 2.05) is 6.92 Å². The van der Waals surface area contributed by atoms with Crippen LogP contribution in [0.15, 0.2) is 4.63 Å². The molecule has 0 amide bonds. The van der Waals surface area contributed by atoms with Crippen molar-refractivity contribution in [2.24, 2.45) is 0 Å². The Kier molecular flexibility index (Phi) is 3.35. The normalized spacial score (nSPS) is 24.5. The van der Waals surface area contributed by atoms with Gasteiger partial charge in [0.25, 0.3) is 0 Å². The minimum atomic E-state index is 0.349. The van der Waals surface area contributed by atoms with E-state index in [-0.39, 0.29) is 0 Å². The molecule has 18 heavy (non-hydrogen) atoms. The van der Waals surface area contributed by atoms with E-state index in [9.17, 15) is 0 Å². The first-order chi connectivity index (χ1) is 8.80. The number of hydrogen-bond donors (Lipinski definition) is 1. The second kappa shape index (κ2) is 4.97. The van der Waals surface area contributed by atoms with Crippen molar-refractivity contribution in [2.45, 2.75) is 51.1 Å². The summed E-state index contributed by atoms with van der Waals surface area (Å²) >= 11 is 0. The molecule has 1 aliphatic heterocycles. The first-order valence-electron chi connectivity index (χ1n) is 7.04. The summed E-state index contributed by atoms with van der Waals surface area (Å²) in [6.45, 7) is 6.16. The van der Waals surface area contributed by atoms with Gasteiger partial charge in [-0.05, 0) is 19.8 Å². The van der Waals surface area contributed by atoms with Crippen LogP contribution in [0, 0.1) is 6.92 Å². The SMILES string of the molecule is Cc1nonc1CN1CCNCC12CCCCC2. The number of hydrogen-bond acceptors (Lipinski definition) is 5. The molecule has 0 unspecified atom stereocenters.